The van der Waals surface area contributed by atoms with Gasteiger partial charge in [-0.2, -0.15) is 0 Å². The number of carbonyl (C=O) groups is 2. The van der Waals surface area contributed by atoms with Crippen LogP contribution in [0.25, 0.3) is 0 Å². The highest BCUT2D eigenvalue weighted by Crippen LogP contribution is 2.42. The summed E-state index contributed by atoms with van der Waals surface area (Å²) in [7, 11) is 0. The van der Waals surface area contributed by atoms with Gasteiger partial charge in [-0.15, -0.1) is 0 Å². The van der Waals surface area contributed by atoms with E-state index in [1.165, 1.54) is 18.2 Å². The van der Waals surface area contributed by atoms with Crippen LogP contribution in [0.4, 0.5) is 0 Å². The number of hydrogen-bond donors (Lipinski definition) is 8. The van der Waals surface area contributed by atoms with Crippen molar-refractivity contribution in [3.05, 3.63) is 52.1 Å². The first-order chi connectivity index (χ1) is 18.9. The van der Waals surface area contributed by atoms with E-state index in [0.717, 1.165) is 6.07 Å². The van der Waals surface area contributed by atoms with E-state index < -0.39 is 90.5 Å². The lowest BCUT2D eigenvalue weighted by Crippen LogP contribution is -2.61. The van der Waals surface area contributed by atoms with Crippen LogP contribution in [0.3, 0.4) is 0 Å². The summed E-state index contributed by atoms with van der Waals surface area (Å²) in [5.74, 6) is -2.94. The second kappa shape index (κ2) is 10.7. The van der Waals surface area contributed by atoms with Crippen LogP contribution in [0.1, 0.15) is 37.4 Å². The van der Waals surface area contributed by atoms with Crippen LogP contribution in [-0.2, 0) is 14.2 Å². The highest BCUT2D eigenvalue weighted by atomic mass is 16.7. The number of carbonyl (C=O) groups excluding carboxylic acids is 2. The zero-order valence-corrected chi connectivity index (χ0v) is 20.9. The Morgan fingerprint density at radius 2 is 1.38 bits per heavy atom. The Hall–Kier alpha value is -3.18. The molecule has 1 aliphatic carbocycles. The molecule has 0 radical (unpaired) electrons. The molecule has 14 nitrogen and oxygen atoms in total. The van der Waals surface area contributed by atoms with Gasteiger partial charge in [-0.05, 0) is 30.7 Å². The average Bonchev–Trinajstić information content (AvgIpc) is 2.93. The van der Waals surface area contributed by atoms with Crippen LogP contribution in [-0.4, -0.2) is 121 Å². The van der Waals surface area contributed by atoms with Crippen molar-refractivity contribution < 1.29 is 69.4 Å². The second-order valence-electron chi connectivity index (χ2n) is 9.86. The smallest absolute Gasteiger partial charge is 0.229 e. The SMILES string of the molecule is Cc1ccc2c(c1O)C(=O)c1ccc(OC3OC(COC4OCC(O)C(O)C4O)C(O)C(O)C3O)c(O)c1C2=O. The first-order valence-corrected chi connectivity index (χ1v) is 12.3. The topological polar surface area (TPSA) is 233 Å². The van der Waals surface area contributed by atoms with Gasteiger partial charge < -0.3 is 59.8 Å². The summed E-state index contributed by atoms with van der Waals surface area (Å²) in [6, 6.07) is 5.12. The van der Waals surface area contributed by atoms with Crippen LogP contribution in [0.15, 0.2) is 24.3 Å². The third-order valence-electron chi connectivity index (χ3n) is 7.25. The number of aryl methyl sites for hydroxylation is 1. The molecule has 8 N–H and O–H groups in total. The van der Waals surface area contributed by atoms with Gasteiger partial charge in [0.05, 0.1) is 24.3 Å². The fourth-order valence-corrected chi connectivity index (χ4v) is 4.86. The first-order valence-electron chi connectivity index (χ1n) is 12.3. The van der Waals surface area contributed by atoms with Gasteiger partial charge in [0.25, 0.3) is 0 Å². The van der Waals surface area contributed by atoms with Crippen molar-refractivity contribution in [3.63, 3.8) is 0 Å². The number of fused-ring (bicyclic) bond motifs is 2. The molecule has 2 heterocycles. The number of aliphatic hydroxyl groups is 6. The Bertz CT molecular complexity index is 1330. The molecule has 9 atom stereocenters. The quantitative estimate of drug-likeness (QED) is 0.165. The molecule has 2 aliphatic heterocycles. The molecule has 40 heavy (non-hydrogen) atoms. The zero-order chi connectivity index (χ0) is 29.0. The summed E-state index contributed by atoms with van der Waals surface area (Å²) >= 11 is 0. The van der Waals surface area contributed by atoms with E-state index in [-0.39, 0.29) is 29.0 Å². The van der Waals surface area contributed by atoms with Crippen molar-refractivity contribution in [3.8, 4) is 17.2 Å². The minimum Gasteiger partial charge on any atom is -0.507 e. The van der Waals surface area contributed by atoms with E-state index in [9.17, 15) is 50.4 Å². The molecular weight excluding hydrogens is 536 g/mol. The summed E-state index contributed by atoms with van der Waals surface area (Å²) < 4.78 is 21.6. The molecule has 0 aromatic heterocycles. The summed E-state index contributed by atoms with van der Waals surface area (Å²) in [6.45, 7) is 0.694. The van der Waals surface area contributed by atoms with Gasteiger partial charge in [-0.3, -0.25) is 9.59 Å². The molecule has 2 saturated heterocycles. The van der Waals surface area contributed by atoms with Crippen molar-refractivity contribution in [2.45, 2.75) is 62.2 Å². The maximum Gasteiger partial charge on any atom is 0.229 e. The largest absolute Gasteiger partial charge is 0.507 e. The van der Waals surface area contributed by atoms with Gasteiger partial charge in [-0.25, -0.2) is 0 Å². The lowest BCUT2D eigenvalue weighted by Gasteiger charge is -2.41. The van der Waals surface area contributed by atoms with E-state index >= 15 is 0 Å². The first kappa shape index (κ1) is 28.4. The molecule has 0 saturated carbocycles. The van der Waals surface area contributed by atoms with Crippen LogP contribution < -0.4 is 4.74 Å². The van der Waals surface area contributed by atoms with Crippen molar-refractivity contribution in [2.24, 2.45) is 0 Å². The van der Waals surface area contributed by atoms with Crippen molar-refractivity contribution in [2.75, 3.05) is 13.2 Å². The Labute approximate surface area is 226 Å². The summed E-state index contributed by atoms with van der Waals surface area (Å²) in [5.41, 5.74) is -0.511. The molecule has 9 unspecified atom stereocenters. The van der Waals surface area contributed by atoms with Crippen molar-refractivity contribution in [1.29, 1.82) is 0 Å². The van der Waals surface area contributed by atoms with Gasteiger partial charge in [0.15, 0.2) is 29.4 Å². The van der Waals surface area contributed by atoms with E-state index in [4.69, 9.17) is 18.9 Å². The molecular formula is C26H28O14. The number of ketones is 2. The van der Waals surface area contributed by atoms with Crippen molar-refractivity contribution >= 4 is 11.6 Å². The molecule has 0 bridgehead atoms. The number of benzene rings is 2. The molecule has 5 rings (SSSR count). The Morgan fingerprint density at radius 1 is 0.775 bits per heavy atom. The molecule has 0 amide bonds. The highest BCUT2D eigenvalue weighted by molar-refractivity contribution is 6.30. The predicted octanol–water partition coefficient (Wildman–Crippen LogP) is -2.18. The standard InChI is InChI=1S/C26H28O14/c1-8-2-3-9-14(16(8)28)17(29)10-4-5-12(20(32)15(10)18(9)30)39-26-24(36)22(34)21(33)13(40-26)7-38-25-23(35)19(31)11(27)6-37-25/h2-5,11,13,19,21-28,31-36H,6-7H2,1H3. The van der Waals surface area contributed by atoms with E-state index in [0.29, 0.717) is 5.56 Å². The third-order valence-corrected chi connectivity index (χ3v) is 7.25. The summed E-state index contributed by atoms with van der Waals surface area (Å²) in [4.78, 5) is 26.2. The fraction of sp³-hybridized carbons (Fsp3) is 0.462. The Balaban J connectivity index is 1.35. The second-order valence-corrected chi connectivity index (χ2v) is 9.86. The van der Waals surface area contributed by atoms with Gasteiger partial charge >= 0.3 is 0 Å². The minimum absolute atomic E-state index is 0.123. The summed E-state index contributed by atoms with van der Waals surface area (Å²) in [6.07, 6.45) is -14.4. The van der Waals surface area contributed by atoms with Crippen LogP contribution in [0.5, 0.6) is 17.2 Å². The number of hydrogen-bond acceptors (Lipinski definition) is 14. The molecule has 0 spiro atoms. The number of aromatic hydroxyl groups is 2. The van der Waals surface area contributed by atoms with Crippen LogP contribution in [0.2, 0.25) is 0 Å². The van der Waals surface area contributed by atoms with Gasteiger partial charge in [0.2, 0.25) is 6.29 Å². The Kier molecular flexibility index (Phi) is 7.56. The maximum absolute atomic E-state index is 13.2. The molecule has 2 fully saturated rings. The average molecular weight is 564 g/mol. The number of phenols is 2. The van der Waals surface area contributed by atoms with Crippen molar-refractivity contribution in [1.82, 2.24) is 0 Å². The Morgan fingerprint density at radius 3 is 2.05 bits per heavy atom. The lowest BCUT2D eigenvalue weighted by molar-refractivity contribution is -0.307. The van der Waals surface area contributed by atoms with E-state index in [1.54, 1.807) is 6.92 Å². The monoisotopic (exact) mass is 564 g/mol. The van der Waals surface area contributed by atoms with Crippen LogP contribution in [0, 0.1) is 6.92 Å². The normalized spacial score (nSPS) is 33.8. The number of rotatable bonds is 5. The van der Waals surface area contributed by atoms with E-state index in [2.05, 4.69) is 0 Å². The van der Waals surface area contributed by atoms with Gasteiger partial charge in [-0.1, -0.05) is 6.07 Å². The molecule has 216 valence electrons. The molecule has 3 aliphatic rings. The third kappa shape index (κ3) is 4.62. The lowest BCUT2D eigenvalue weighted by atomic mass is 9.82. The highest BCUT2D eigenvalue weighted by Gasteiger charge is 2.47. The fourth-order valence-electron chi connectivity index (χ4n) is 4.86. The van der Waals surface area contributed by atoms with Gasteiger partial charge in [0, 0.05) is 11.1 Å². The molecule has 2 aromatic carbocycles. The number of ether oxygens (including phenoxy) is 4. The van der Waals surface area contributed by atoms with Gasteiger partial charge in [0.1, 0.15) is 48.5 Å². The summed E-state index contributed by atoms with van der Waals surface area (Å²) in [5, 5.41) is 81.9. The maximum atomic E-state index is 13.2. The minimum atomic E-state index is -1.84. The van der Waals surface area contributed by atoms with E-state index in [1.807, 2.05) is 0 Å². The number of aliphatic hydroxyl groups excluding tert-OH is 6. The predicted molar refractivity (Wildman–Crippen MR) is 129 cm³/mol. The molecule has 14 heteroatoms. The number of phenolic OH excluding ortho intramolecular Hbond substituents is 2. The molecule has 2 aromatic rings. The zero-order valence-electron chi connectivity index (χ0n) is 20.9. The van der Waals surface area contributed by atoms with Crippen LogP contribution >= 0.6 is 0 Å².